The summed E-state index contributed by atoms with van der Waals surface area (Å²) in [5.74, 6) is 1.51. The zero-order valence-corrected chi connectivity index (χ0v) is 17.2. The van der Waals surface area contributed by atoms with E-state index in [1.807, 2.05) is 12.1 Å². The molecular weight excluding hydrogens is 319 g/mol. The van der Waals surface area contributed by atoms with E-state index in [1.54, 1.807) is 12.1 Å². The molecule has 0 radical (unpaired) electrons. The Morgan fingerprint density at radius 3 is 1.73 bits per heavy atom. The lowest BCUT2D eigenvalue weighted by Gasteiger charge is -2.28. The molecular formula is C25H41F. The van der Waals surface area contributed by atoms with Gasteiger partial charge in [0.15, 0.2) is 0 Å². The number of benzene rings is 1. The molecule has 0 bridgehead atoms. The predicted octanol–water partition coefficient (Wildman–Crippen LogP) is 8.80. The minimum atomic E-state index is -0.112. The summed E-state index contributed by atoms with van der Waals surface area (Å²) in [6.45, 7) is 2.29. The molecule has 1 fully saturated rings. The summed E-state index contributed by atoms with van der Waals surface area (Å²) in [5, 5.41) is 0. The van der Waals surface area contributed by atoms with Crippen molar-refractivity contribution in [2.45, 2.75) is 116 Å². The summed E-state index contributed by atoms with van der Waals surface area (Å²) in [7, 11) is 0. The maximum atomic E-state index is 13.0. The van der Waals surface area contributed by atoms with Gasteiger partial charge in [0, 0.05) is 0 Å². The minimum Gasteiger partial charge on any atom is -0.207 e. The van der Waals surface area contributed by atoms with Gasteiger partial charge in [0.2, 0.25) is 0 Å². The van der Waals surface area contributed by atoms with E-state index in [4.69, 9.17) is 0 Å². The fourth-order valence-electron chi connectivity index (χ4n) is 4.62. The van der Waals surface area contributed by atoms with Crippen LogP contribution in [0.25, 0.3) is 0 Å². The molecule has 0 N–H and O–H groups in total. The maximum Gasteiger partial charge on any atom is 0.123 e. The molecule has 0 nitrogen and oxygen atoms in total. The molecule has 148 valence electrons. The third-order valence-electron chi connectivity index (χ3n) is 6.40. The summed E-state index contributed by atoms with van der Waals surface area (Å²) in [6.07, 6.45) is 22.6. The van der Waals surface area contributed by atoms with Crippen LogP contribution in [0.15, 0.2) is 24.3 Å². The quantitative estimate of drug-likeness (QED) is 0.308. The van der Waals surface area contributed by atoms with Crippen molar-refractivity contribution in [2.75, 3.05) is 0 Å². The molecule has 26 heavy (non-hydrogen) atoms. The second kappa shape index (κ2) is 13.3. The number of halogens is 1. The third kappa shape index (κ3) is 8.69. The van der Waals surface area contributed by atoms with Gasteiger partial charge in [0.05, 0.1) is 0 Å². The molecule has 0 aliphatic heterocycles. The summed E-state index contributed by atoms with van der Waals surface area (Å²) >= 11 is 0. The molecule has 1 saturated carbocycles. The Balaban J connectivity index is 1.42. The Bertz CT molecular complexity index is 442. The molecule has 1 aromatic rings. The van der Waals surface area contributed by atoms with E-state index in [0.29, 0.717) is 5.92 Å². The van der Waals surface area contributed by atoms with E-state index >= 15 is 0 Å². The lowest BCUT2D eigenvalue weighted by Crippen LogP contribution is -2.13. The fraction of sp³-hybridized carbons (Fsp3) is 0.760. The van der Waals surface area contributed by atoms with Crippen LogP contribution in [0.3, 0.4) is 0 Å². The highest BCUT2D eigenvalue weighted by Crippen LogP contribution is 2.37. The first-order chi connectivity index (χ1) is 12.8. The van der Waals surface area contributed by atoms with Crippen LogP contribution in [-0.4, -0.2) is 0 Å². The Labute approximate surface area is 162 Å². The molecule has 2 rings (SSSR count). The first-order valence-corrected chi connectivity index (χ1v) is 11.5. The van der Waals surface area contributed by atoms with Crippen LogP contribution in [0.5, 0.6) is 0 Å². The second-order valence-electron chi connectivity index (χ2n) is 8.59. The van der Waals surface area contributed by atoms with E-state index in [-0.39, 0.29) is 5.82 Å². The van der Waals surface area contributed by atoms with Crippen molar-refractivity contribution < 1.29 is 4.39 Å². The Morgan fingerprint density at radius 1 is 0.692 bits per heavy atom. The molecule has 0 heterocycles. The largest absolute Gasteiger partial charge is 0.207 e. The first kappa shape index (κ1) is 21.5. The van der Waals surface area contributed by atoms with Crippen LogP contribution >= 0.6 is 0 Å². The average molecular weight is 361 g/mol. The van der Waals surface area contributed by atoms with Gasteiger partial charge in [-0.25, -0.2) is 4.39 Å². The average Bonchev–Trinajstić information content (AvgIpc) is 2.67. The van der Waals surface area contributed by atoms with Gasteiger partial charge in [0.1, 0.15) is 5.82 Å². The van der Waals surface area contributed by atoms with Crippen molar-refractivity contribution in [3.8, 4) is 0 Å². The molecule has 0 amide bonds. The monoisotopic (exact) mass is 360 g/mol. The number of hydrogen-bond donors (Lipinski definition) is 0. The highest BCUT2D eigenvalue weighted by atomic mass is 19.1. The predicted molar refractivity (Wildman–Crippen MR) is 112 cm³/mol. The molecule has 1 aromatic carbocycles. The van der Waals surface area contributed by atoms with E-state index in [9.17, 15) is 4.39 Å². The lowest BCUT2D eigenvalue weighted by atomic mass is 9.77. The Morgan fingerprint density at radius 2 is 1.19 bits per heavy atom. The van der Waals surface area contributed by atoms with Gasteiger partial charge in [-0.3, -0.25) is 0 Å². The van der Waals surface area contributed by atoms with Gasteiger partial charge in [-0.15, -0.1) is 0 Å². The van der Waals surface area contributed by atoms with Gasteiger partial charge >= 0.3 is 0 Å². The van der Waals surface area contributed by atoms with Crippen LogP contribution in [0.1, 0.15) is 121 Å². The van der Waals surface area contributed by atoms with Crippen molar-refractivity contribution in [2.24, 2.45) is 5.92 Å². The molecule has 1 heteroatoms. The van der Waals surface area contributed by atoms with Gasteiger partial charge < -0.3 is 0 Å². The Hall–Kier alpha value is -0.850. The van der Waals surface area contributed by atoms with Crippen molar-refractivity contribution >= 4 is 0 Å². The zero-order chi connectivity index (χ0) is 18.5. The molecule has 0 unspecified atom stereocenters. The summed E-state index contributed by atoms with van der Waals surface area (Å²) in [6, 6.07) is 7.22. The lowest BCUT2D eigenvalue weighted by molar-refractivity contribution is 0.301. The maximum absolute atomic E-state index is 13.0. The van der Waals surface area contributed by atoms with Gasteiger partial charge in [-0.2, -0.15) is 0 Å². The van der Waals surface area contributed by atoms with Crippen LogP contribution < -0.4 is 0 Å². The number of rotatable bonds is 13. The molecule has 0 saturated heterocycles. The highest BCUT2D eigenvalue weighted by Gasteiger charge is 2.21. The Kier molecular flexibility index (Phi) is 11.0. The van der Waals surface area contributed by atoms with Gasteiger partial charge in [0.25, 0.3) is 0 Å². The fourth-order valence-corrected chi connectivity index (χ4v) is 4.62. The first-order valence-electron chi connectivity index (χ1n) is 11.5. The van der Waals surface area contributed by atoms with Crippen LogP contribution in [0.4, 0.5) is 4.39 Å². The molecule has 0 atom stereocenters. The molecule has 0 spiro atoms. The van der Waals surface area contributed by atoms with E-state index in [0.717, 1.165) is 5.92 Å². The van der Waals surface area contributed by atoms with Gasteiger partial charge in [-0.1, -0.05) is 96.1 Å². The highest BCUT2D eigenvalue weighted by molar-refractivity contribution is 5.20. The van der Waals surface area contributed by atoms with Crippen molar-refractivity contribution in [3.05, 3.63) is 35.6 Å². The van der Waals surface area contributed by atoms with Crippen molar-refractivity contribution in [1.29, 1.82) is 0 Å². The van der Waals surface area contributed by atoms with E-state index in [1.165, 1.54) is 108 Å². The topological polar surface area (TPSA) is 0 Å². The molecule has 0 aromatic heterocycles. The smallest absolute Gasteiger partial charge is 0.123 e. The number of hydrogen-bond acceptors (Lipinski definition) is 0. The van der Waals surface area contributed by atoms with Crippen molar-refractivity contribution in [1.82, 2.24) is 0 Å². The standard InChI is InChI=1S/C25H41F/c1-2-3-4-5-6-7-8-9-10-11-12-13-22-14-16-23(17-15-22)24-18-20-25(26)21-19-24/h18-23H,2-17H2,1H3. The van der Waals surface area contributed by atoms with Crippen molar-refractivity contribution in [3.63, 3.8) is 0 Å². The third-order valence-corrected chi connectivity index (χ3v) is 6.40. The molecule has 1 aliphatic rings. The second-order valence-corrected chi connectivity index (χ2v) is 8.59. The summed E-state index contributed by atoms with van der Waals surface area (Å²) < 4.78 is 13.0. The summed E-state index contributed by atoms with van der Waals surface area (Å²) in [4.78, 5) is 0. The van der Waals surface area contributed by atoms with E-state index in [2.05, 4.69) is 6.92 Å². The van der Waals surface area contributed by atoms with Crippen LogP contribution in [0, 0.1) is 11.7 Å². The van der Waals surface area contributed by atoms with E-state index < -0.39 is 0 Å². The molecule has 1 aliphatic carbocycles. The van der Waals surface area contributed by atoms with Crippen LogP contribution in [-0.2, 0) is 0 Å². The SMILES string of the molecule is CCCCCCCCCCCCCC1CCC(c2ccc(F)cc2)CC1. The van der Waals surface area contributed by atoms with Crippen LogP contribution in [0.2, 0.25) is 0 Å². The summed E-state index contributed by atoms with van der Waals surface area (Å²) in [5.41, 5.74) is 1.35. The minimum absolute atomic E-state index is 0.112. The number of unbranched alkanes of at least 4 members (excludes halogenated alkanes) is 10. The normalized spacial score (nSPS) is 20.4. The van der Waals surface area contributed by atoms with Gasteiger partial charge in [-0.05, 0) is 55.2 Å². The zero-order valence-electron chi connectivity index (χ0n) is 17.2.